The first-order chi connectivity index (χ1) is 55.8. The molecule has 2 aromatic carbocycles. The molecular weight excluding hydrogens is 1490 g/mol. The Morgan fingerprint density at radius 1 is 0.360 bits per heavy atom. The Bertz CT molecular complexity index is 3060. The first kappa shape index (κ1) is 98.6. The van der Waals surface area contributed by atoms with Crippen LogP contribution >= 0.6 is 0 Å². The molecule has 0 aromatic heterocycles. The van der Waals surface area contributed by atoms with Gasteiger partial charge in [-0.05, 0) is 75.1 Å². The highest BCUT2D eigenvalue weighted by atomic mass is 16.7. The van der Waals surface area contributed by atoms with Gasteiger partial charge in [0.1, 0.15) is 12.1 Å². The monoisotopic (exact) mass is 1620 g/mol. The van der Waals surface area contributed by atoms with Gasteiger partial charge in [0, 0.05) is 96.5 Å². The van der Waals surface area contributed by atoms with Crippen molar-refractivity contribution >= 4 is 64.8 Å². The SMILES string of the molecule is COCCOCCOCCOCCOCCOCCOCCOCCC(=O)NCCCC[C@H](NC(=O)CCOCCOCCOCCOCCOCCOCCOCCOC)C(=O)NCCCC[C@H](NC(=O)CCC(=O)ON1C(=O)CCC1=O)C(=O)NCCNC(=O)CCCCC(=O)N1Cc2ccccc2C#Cc2ccccc21. The van der Waals surface area contributed by atoms with Gasteiger partial charge in [0.15, 0.2) is 0 Å². The third-order valence-corrected chi connectivity index (χ3v) is 16.8. The molecule has 0 unspecified atom stereocenters. The van der Waals surface area contributed by atoms with Crippen molar-refractivity contribution in [3.63, 3.8) is 0 Å². The van der Waals surface area contributed by atoms with Crippen molar-refractivity contribution in [1.29, 1.82) is 0 Å². The summed E-state index contributed by atoms with van der Waals surface area (Å²) >= 11 is 0. The summed E-state index contributed by atoms with van der Waals surface area (Å²) in [5, 5.41) is 17.1. The lowest BCUT2D eigenvalue weighted by Gasteiger charge is -2.26. The molecule has 2 atom stereocenters. The number of nitrogens with zero attached hydrogens (tertiary/aromatic N) is 2. The minimum Gasteiger partial charge on any atom is -0.382 e. The van der Waals surface area contributed by atoms with Crippen LogP contribution in [-0.2, 0) is 135 Å². The number of unbranched alkanes of at least 4 members (excludes halogenated alkanes) is 3. The summed E-state index contributed by atoms with van der Waals surface area (Å²) in [6, 6.07) is 13.1. The number of para-hydroxylation sites is 1. The van der Waals surface area contributed by atoms with E-state index in [1.165, 1.54) is 0 Å². The number of methoxy groups -OCH3 is 2. The maximum Gasteiger partial charge on any atom is 0.333 e. The molecule has 0 spiro atoms. The lowest BCUT2D eigenvalue weighted by Crippen LogP contribution is -2.48. The van der Waals surface area contributed by atoms with Crippen LogP contribution in [0.3, 0.4) is 0 Å². The Hall–Kier alpha value is -7.74. The van der Waals surface area contributed by atoms with Gasteiger partial charge in [-0.15, -0.1) is 5.06 Å². The van der Waals surface area contributed by atoms with Crippen LogP contribution in [0.4, 0.5) is 5.69 Å². The highest BCUT2D eigenvalue weighted by molar-refractivity contribution is 6.02. The van der Waals surface area contributed by atoms with E-state index in [-0.39, 0.29) is 122 Å². The van der Waals surface area contributed by atoms with Crippen LogP contribution in [-0.4, -0.2) is 315 Å². The fraction of sp³-hybridized carbons (Fsp3) is 0.696. The highest BCUT2D eigenvalue weighted by Crippen LogP contribution is 2.27. The summed E-state index contributed by atoms with van der Waals surface area (Å²) in [5.41, 5.74) is 3.24. The first-order valence-electron chi connectivity index (χ1n) is 39.6. The average Bonchev–Trinajstić information content (AvgIpc) is 0.971. The number of amides is 9. The Kier molecular flexibility index (Phi) is 58.3. The number of hydrogen-bond acceptors (Lipinski definition) is 27. The maximum absolute atomic E-state index is 13.8. The second-order valence-electron chi connectivity index (χ2n) is 25.7. The van der Waals surface area contributed by atoms with E-state index in [1.54, 1.807) is 19.1 Å². The van der Waals surface area contributed by atoms with Crippen LogP contribution < -0.4 is 36.8 Å². The van der Waals surface area contributed by atoms with Crippen LogP contribution in [0.2, 0.25) is 0 Å². The van der Waals surface area contributed by atoms with Gasteiger partial charge >= 0.3 is 5.97 Å². The second-order valence-corrected chi connectivity index (χ2v) is 25.7. The van der Waals surface area contributed by atoms with Gasteiger partial charge in [0.2, 0.25) is 41.4 Å². The predicted molar refractivity (Wildman–Crippen MR) is 413 cm³/mol. The van der Waals surface area contributed by atoms with Crippen LogP contribution in [0.1, 0.15) is 119 Å². The molecule has 642 valence electrons. The molecule has 0 saturated carbocycles. The number of benzene rings is 2. The normalized spacial score (nSPS) is 12.9. The number of fused-ring (bicyclic) bond motifs is 2. The van der Waals surface area contributed by atoms with Crippen molar-refractivity contribution < 1.29 is 129 Å². The molecule has 0 bridgehead atoms. The fourth-order valence-electron chi connectivity index (χ4n) is 10.7. The quantitative estimate of drug-likeness (QED) is 0.0313. The number of hydrogen-bond donors (Lipinski definition) is 6. The number of imide groups is 1. The number of ether oxygens (including phenoxy) is 16. The van der Waals surface area contributed by atoms with Crippen molar-refractivity contribution in [2.45, 2.75) is 121 Å². The second kappa shape index (κ2) is 67.4. The van der Waals surface area contributed by atoms with Gasteiger partial charge < -0.3 is 117 Å². The third kappa shape index (κ3) is 49.9. The standard InChI is InChI=1S/C79H124N8O27/c1-98-35-37-102-43-45-106-51-53-110-59-61-112-57-55-108-49-47-104-41-39-100-33-27-71(89)80-29-11-9-16-67(85-73(91)28-34-101-40-42-105-48-50-109-56-58-113-62-60-111-54-52-107-46-44-103-38-36-99-2)78(96)82-30-12-10-17-68(84-72(90)23-26-77(95)114-87-75(93)24-25-76(87)94)79(97)83-32-31-81-70(88)19-7-8-20-74(92)86-63-66-15-4-3-13-64(66)21-22-65-14-5-6-18-69(65)86/h3-6,13-15,18,67-68H,7-12,16-17,19-20,23-63H2,1-2H3,(H,80,89)(H,81,88)(H,82,96)(H,83,97)(H,84,90)(H,85,91)/t67-,68-/m0/s1. The molecule has 1 fully saturated rings. The summed E-state index contributed by atoms with van der Waals surface area (Å²) in [5.74, 6) is 1.23. The van der Waals surface area contributed by atoms with E-state index in [0.717, 1.165) is 22.4 Å². The van der Waals surface area contributed by atoms with Gasteiger partial charge in [-0.2, -0.15) is 0 Å². The molecule has 0 radical (unpaired) electrons. The molecule has 0 aliphatic carbocycles. The molecule has 6 N–H and O–H groups in total. The lowest BCUT2D eigenvalue weighted by atomic mass is 10.0. The minimum atomic E-state index is -1.13. The molecule has 9 amide bonds. The van der Waals surface area contributed by atoms with Gasteiger partial charge in [0.25, 0.3) is 11.8 Å². The molecule has 2 aliphatic rings. The minimum absolute atomic E-state index is 0.0138. The van der Waals surface area contributed by atoms with Crippen LogP contribution in [0.25, 0.3) is 0 Å². The molecule has 35 heteroatoms. The third-order valence-electron chi connectivity index (χ3n) is 16.8. The Morgan fingerprint density at radius 2 is 0.711 bits per heavy atom. The summed E-state index contributed by atoms with van der Waals surface area (Å²) in [6.45, 7) is 12.8. The smallest absolute Gasteiger partial charge is 0.333 e. The van der Waals surface area contributed by atoms with Crippen molar-refractivity contribution in [3.8, 4) is 11.8 Å². The first-order valence-corrected chi connectivity index (χ1v) is 39.6. The largest absolute Gasteiger partial charge is 0.382 e. The van der Waals surface area contributed by atoms with Crippen molar-refractivity contribution in [3.05, 3.63) is 65.2 Å². The Morgan fingerprint density at radius 3 is 1.18 bits per heavy atom. The maximum atomic E-state index is 13.8. The van der Waals surface area contributed by atoms with E-state index in [1.807, 2.05) is 48.5 Å². The average molecular weight is 1620 g/mol. The zero-order valence-corrected chi connectivity index (χ0v) is 66.8. The van der Waals surface area contributed by atoms with Crippen molar-refractivity contribution in [2.75, 3.05) is 244 Å². The summed E-state index contributed by atoms with van der Waals surface area (Å²) in [4.78, 5) is 137. The molecule has 35 nitrogen and oxygen atoms in total. The molecular formula is C79H124N8O27. The fourth-order valence-corrected chi connectivity index (χ4v) is 10.7. The van der Waals surface area contributed by atoms with Gasteiger partial charge in [-0.3, -0.25) is 43.2 Å². The van der Waals surface area contributed by atoms with E-state index in [4.69, 9.17) is 80.6 Å². The number of hydroxylamine groups is 2. The molecule has 4 rings (SSSR count). The topological polar surface area (TPSA) is 406 Å². The summed E-state index contributed by atoms with van der Waals surface area (Å²) in [7, 11) is 3.24. The van der Waals surface area contributed by atoms with E-state index in [0.29, 0.717) is 222 Å². The Balaban J connectivity index is 1.16. The Labute approximate surface area is 669 Å². The zero-order chi connectivity index (χ0) is 81.8. The highest BCUT2D eigenvalue weighted by Gasteiger charge is 2.33. The van der Waals surface area contributed by atoms with E-state index >= 15 is 0 Å². The number of rotatable bonds is 74. The lowest BCUT2D eigenvalue weighted by molar-refractivity contribution is -0.197. The van der Waals surface area contributed by atoms with Gasteiger partial charge in [-0.1, -0.05) is 42.2 Å². The van der Waals surface area contributed by atoms with E-state index < -0.39 is 66.3 Å². The molecule has 2 aliphatic heterocycles. The van der Waals surface area contributed by atoms with Crippen molar-refractivity contribution in [1.82, 2.24) is 37.0 Å². The van der Waals surface area contributed by atoms with Crippen molar-refractivity contribution in [2.24, 2.45) is 0 Å². The molecule has 1 saturated heterocycles. The number of carbonyl (C=O) groups excluding carboxylic acids is 10. The number of anilines is 1. The van der Waals surface area contributed by atoms with Gasteiger partial charge in [-0.25, -0.2) is 4.79 Å². The summed E-state index contributed by atoms with van der Waals surface area (Å²) in [6.07, 6.45) is 1.93. The van der Waals surface area contributed by atoms with Gasteiger partial charge in [0.05, 0.1) is 217 Å². The van der Waals surface area contributed by atoms with Crippen LogP contribution in [0, 0.1) is 11.8 Å². The summed E-state index contributed by atoms with van der Waals surface area (Å²) < 4.78 is 86.8. The molecule has 2 aromatic rings. The molecule has 114 heavy (non-hydrogen) atoms. The number of nitrogens with one attached hydrogen (secondary N) is 6. The predicted octanol–water partition coefficient (Wildman–Crippen LogP) is 1.96. The van der Waals surface area contributed by atoms with Crippen LogP contribution in [0.5, 0.6) is 0 Å². The molecule has 2 heterocycles. The van der Waals surface area contributed by atoms with E-state index in [9.17, 15) is 47.9 Å². The van der Waals surface area contributed by atoms with E-state index in [2.05, 4.69) is 43.7 Å². The van der Waals surface area contributed by atoms with Crippen LogP contribution in [0.15, 0.2) is 48.5 Å². The number of carbonyl (C=O) groups is 10. The zero-order valence-electron chi connectivity index (χ0n) is 66.8.